The summed E-state index contributed by atoms with van der Waals surface area (Å²) in [6.07, 6.45) is 4.22. The number of nitrogens with zero attached hydrogens (tertiary/aromatic N) is 2. The first kappa shape index (κ1) is 20.0. The monoisotopic (exact) mass is 455 g/mol. The van der Waals surface area contributed by atoms with Crippen LogP contribution >= 0.6 is 11.8 Å². The number of carbonyl (C=O) groups is 2. The Morgan fingerprint density at radius 3 is 2.85 bits per heavy atom. The molecular formula is C25H21N5O2S. The summed E-state index contributed by atoms with van der Waals surface area (Å²) >= 11 is 1.29. The second-order valence-electron chi connectivity index (χ2n) is 8.42. The van der Waals surface area contributed by atoms with Gasteiger partial charge in [0.15, 0.2) is 5.12 Å². The van der Waals surface area contributed by atoms with E-state index in [1.165, 1.54) is 18.1 Å². The topological polar surface area (TPSA) is 99.8 Å². The van der Waals surface area contributed by atoms with Crippen LogP contribution in [-0.2, 0) is 28.9 Å². The van der Waals surface area contributed by atoms with Crippen LogP contribution in [-0.4, -0.2) is 26.0 Å². The van der Waals surface area contributed by atoms with Crippen LogP contribution in [0.3, 0.4) is 0 Å². The van der Waals surface area contributed by atoms with Crippen molar-refractivity contribution in [2.45, 2.75) is 30.6 Å². The number of aryl methyl sites for hydroxylation is 1. The number of aromatic amines is 1. The molecule has 8 heteroatoms. The van der Waals surface area contributed by atoms with Gasteiger partial charge in [-0.15, -0.1) is 0 Å². The molecule has 0 spiro atoms. The van der Waals surface area contributed by atoms with Crippen molar-refractivity contribution < 1.29 is 9.59 Å². The van der Waals surface area contributed by atoms with Crippen LogP contribution in [0.2, 0.25) is 0 Å². The zero-order valence-electron chi connectivity index (χ0n) is 17.7. The van der Waals surface area contributed by atoms with E-state index < -0.39 is 0 Å². The molecule has 3 heterocycles. The molecule has 1 amide bonds. The molecule has 3 N–H and O–H groups in total. The second kappa shape index (κ2) is 8.04. The van der Waals surface area contributed by atoms with Gasteiger partial charge in [-0.1, -0.05) is 36.0 Å². The first-order valence-corrected chi connectivity index (χ1v) is 11.8. The lowest BCUT2D eigenvalue weighted by Crippen LogP contribution is -2.28. The van der Waals surface area contributed by atoms with Crippen LogP contribution in [0.15, 0.2) is 59.8 Å². The molecule has 0 fully saturated rings. The minimum absolute atomic E-state index is 0.0351. The van der Waals surface area contributed by atoms with Crippen LogP contribution in [0, 0.1) is 5.92 Å². The van der Waals surface area contributed by atoms with E-state index in [1.54, 1.807) is 0 Å². The fourth-order valence-electron chi connectivity index (χ4n) is 4.65. The zero-order valence-corrected chi connectivity index (χ0v) is 18.5. The molecule has 1 unspecified atom stereocenters. The highest BCUT2D eigenvalue weighted by Gasteiger charge is 2.29. The third-order valence-corrected chi connectivity index (χ3v) is 7.25. The lowest BCUT2D eigenvalue weighted by atomic mass is 9.86. The van der Waals surface area contributed by atoms with Gasteiger partial charge in [0, 0.05) is 34.3 Å². The lowest BCUT2D eigenvalue weighted by Gasteiger charge is -2.22. The molecule has 0 radical (unpaired) electrons. The molecule has 1 atom stereocenters. The van der Waals surface area contributed by atoms with Gasteiger partial charge in [0.2, 0.25) is 5.91 Å². The van der Waals surface area contributed by atoms with Crippen LogP contribution in [0.4, 0.5) is 17.2 Å². The molecule has 1 aliphatic carbocycles. The molecule has 2 aliphatic rings. The molecule has 0 bridgehead atoms. The Morgan fingerprint density at radius 2 is 1.97 bits per heavy atom. The number of anilines is 3. The van der Waals surface area contributed by atoms with Crippen molar-refractivity contribution in [3.05, 3.63) is 71.7 Å². The van der Waals surface area contributed by atoms with Crippen molar-refractivity contribution in [2.24, 2.45) is 5.92 Å². The number of hydrogen-bond donors (Lipinski definition) is 3. The maximum Gasteiger partial charge on any atom is 0.227 e. The molecular weight excluding hydrogens is 434 g/mol. The van der Waals surface area contributed by atoms with Crippen LogP contribution in [0.25, 0.3) is 11.0 Å². The standard InChI is InChI=1S/C25H21N5O2S/c31-21-11-14-6-8-17(12-20(14)33-21)28-23-22-18-10-15(25(32)29-16-4-2-1-3-5-16)7-9-19(18)30-24(22)27-13-26-23/h1-6,8,12-13,15H,7,9-11H2,(H,29,32)(H2,26,27,28,30). The van der Waals surface area contributed by atoms with Gasteiger partial charge in [0.05, 0.1) is 5.39 Å². The fraction of sp³-hybridized carbons (Fsp3) is 0.200. The Hall–Kier alpha value is -3.65. The van der Waals surface area contributed by atoms with E-state index in [9.17, 15) is 9.59 Å². The highest BCUT2D eigenvalue weighted by molar-refractivity contribution is 8.14. The predicted octanol–water partition coefficient (Wildman–Crippen LogP) is 4.62. The SMILES string of the molecule is O=C1Cc2ccc(Nc3ncnc4[nH]c5c(c34)CC(C(=O)Nc3ccccc3)CC5)cc2S1. The van der Waals surface area contributed by atoms with E-state index in [1.807, 2.05) is 48.5 Å². The minimum Gasteiger partial charge on any atom is -0.343 e. The third-order valence-electron chi connectivity index (χ3n) is 6.28. The van der Waals surface area contributed by atoms with E-state index >= 15 is 0 Å². The predicted molar refractivity (Wildman–Crippen MR) is 129 cm³/mol. The van der Waals surface area contributed by atoms with E-state index in [4.69, 9.17) is 0 Å². The van der Waals surface area contributed by atoms with Crippen molar-refractivity contribution in [3.8, 4) is 0 Å². The Morgan fingerprint density at radius 1 is 1.09 bits per heavy atom. The van der Waals surface area contributed by atoms with E-state index in [0.717, 1.165) is 57.0 Å². The number of rotatable bonds is 4. The molecule has 164 valence electrons. The summed E-state index contributed by atoms with van der Waals surface area (Å²) in [5, 5.41) is 7.55. The summed E-state index contributed by atoms with van der Waals surface area (Å²) in [5.41, 5.74) is 5.73. The first-order valence-electron chi connectivity index (χ1n) is 10.9. The number of carbonyl (C=O) groups excluding carboxylic acids is 2. The zero-order chi connectivity index (χ0) is 22.4. The molecule has 0 saturated heterocycles. The van der Waals surface area contributed by atoms with Gasteiger partial charge < -0.3 is 15.6 Å². The van der Waals surface area contributed by atoms with E-state index in [0.29, 0.717) is 18.7 Å². The van der Waals surface area contributed by atoms with Gasteiger partial charge in [-0.05, 0) is 54.7 Å². The molecule has 2 aromatic carbocycles. The summed E-state index contributed by atoms with van der Waals surface area (Å²) in [5.74, 6) is 0.621. The average Bonchev–Trinajstić information content (AvgIpc) is 3.38. The Bertz CT molecular complexity index is 1400. The summed E-state index contributed by atoms with van der Waals surface area (Å²) in [7, 11) is 0. The molecule has 33 heavy (non-hydrogen) atoms. The largest absolute Gasteiger partial charge is 0.343 e. The van der Waals surface area contributed by atoms with Gasteiger partial charge in [0.1, 0.15) is 17.8 Å². The number of nitrogens with one attached hydrogen (secondary N) is 3. The van der Waals surface area contributed by atoms with Crippen molar-refractivity contribution in [3.63, 3.8) is 0 Å². The second-order valence-corrected chi connectivity index (χ2v) is 9.52. The number of benzene rings is 2. The maximum atomic E-state index is 12.9. The summed E-state index contributed by atoms with van der Waals surface area (Å²) in [6, 6.07) is 15.5. The molecule has 2 aromatic heterocycles. The minimum atomic E-state index is -0.118. The average molecular weight is 456 g/mol. The smallest absolute Gasteiger partial charge is 0.227 e. The number of aromatic nitrogens is 3. The van der Waals surface area contributed by atoms with Gasteiger partial charge >= 0.3 is 0 Å². The number of thioether (sulfide) groups is 1. The number of amides is 1. The maximum absolute atomic E-state index is 12.9. The van der Waals surface area contributed by atoms with Gasteiger partial charge in [-0.2, -0.15) is 0 Å². The first-order chi connectivity index (χ1) is 16.1. The van der Waals surface area contributed by atoms with E-state index in [2.05, 4.69) is 25.6 Å². The highest BCUT2D eigenvalue weighted by Crippen LogP contribution is 2.38. The van der Waals surface area contributed by atoms with Crippen LogP contribution in [0.5, 0.6) is 0 Å². The Labute approximate surface area is 194 Å². The summed E-state index contributed by atoms with van der Waals surface area (Å²) in [4.78, 5) is 38.1. The van der Waals surface area contributed by atoms with Crippen molar-refractivity contribution in [1.29, 1.82) is 0 Å². The summed E-state index contributed by atoms with van der Waals surface area (Å²) < 4.78 is 0. The van der Waals surface area contributed by atoms with Crippen molar-refractivity contribution >= 4 is 51.0 Å². The summed E-state index contributed by atoms with van der Waals surface area (Å²) in [6.45, 7) is 0. The molecule has 6 rings (SSSR count). The highest BCUT2D eigenvalue weighted by atomic mass is 32.2. The van der Waals surface area contributed by atoms with Gasteiger partial charge in [0.25, 0.3) is 0 Å². The fourth-order valence-corrected chi connectivity index (χ4v) is 5.58. The number of fused-ring (bicyclic) bond motifs is 4. The molecule has 1 aliphatic heterocycles. The number of H-pyrrole nitrogens is 1. The normalized spacial score (nSPS) is 17.0. The number of para-hydroxylation sites is 1. The van der Waals surface area contributed by atoms with Crippen molar-refractivity contribution in [2.75, 3.05) is 10.6 Å². The van der Waals surface area contributed by atoms with Gasteiger partial charge in [-0.3, -0.25) is 9.59 Å². The third kappa shape index (κ3) is 3.76. The lowest BCUT2D eigenvalue weighted by molar-refractivity contribution is -0.120. The van der Waals surface area contributed by atoms with E-state index in [-0.39, 0.29) is 16.9 Å². The van der Waals surface area contributed by atoms with Crippen LogP contribution < -0.4 is 10.6 Å². The Balaban J connectivity index is 1.29. The van der Waals surface area contributed by atoms with Gasteiger partial charge in [-0.25, -0.2) is 9.97 Å². The quantitative estimate of drug-likeness (QED) is 0.415. The number of hydrogen-bond acceptors (Lipinski definition) is 6. The molecule has 7 nitrogen and oxygen atoms in total. The van der Waals surface area contributed by atoms with Crippen molar-refractivity contribution in [1.82, 2.24) is 15.0 Å². The molecule has 4 aromatic rings. The Kier molecular flexibility index (Phi) is 4.87. The van der Waals surface area contributed by atoms with Crippen LogP contribution in [0.1, 0.15) is 23.2 Å². The molecule has 0 saturated carbocycles.